The van der Waals surface area contributed by atoms with E-state index in [1.165, 1.54) is 48.6 Å². The number of hydrogen-bond donors (Lipinski definition) is 1. The van der Waals surface area contributed by atoms with E-state index in [0.29, 0.717) is 12.0 Å². The molecule has 1 N–H and O–H groups in total. The highest BCUT2D eigenvalue weighted by atomic mass is 16.5. The molecule has 4 nitrogen and oxygen atoms in total. The Kier molecular flexibility index (Phi) is 3.82. The van der Waals surface area contributed by atoms with E-state index in [2.05, 4.69) is 39.1 Å². The number of nitrogens with zero attached hydrogens (tertiary/aromatic N) is 2. The third-order valence-corrected chi connectivity index (χ3v) is 5.18. The normalized spacial score (nSPS) is 17.4. The van der Waals surface area contributed by atoms with Crippen LogP contribution in [0.4, 0.5) is 0 Å². The molecule has 23 heavy (non-hydrogen) atoms. The van der Waals surface area contributed by atoms with Gasteiger partial charge in [0, 0.05) is 35.1 Å². The molecule has 3 aromatic rings. The average Bonchev–Trinajstić information content (AvgIpc) is 3.26. The van der Waals surface area contributed by atoms with Crippen molar-refractivity contribution in [3.8, 4) is 5.75 Å². The summed E-state index contributed by atoms with van der Waals surface area (Å²) in [6, 6.07) is 6.60. The molecule has 1 atom stereocenters. The summed E-state index contributed by atoms with van der Waals surface area (Å²) in [7, 11) is 1.72. The molecule has 4 rings (SSSR count). The Hall–Kier alpha value is -2.23. The van der Waals surface area contributed by atoms with Crippen LogP contribution in [0, 0.1) is 5.92 Å². The van der Waals surface area contributed by atoms with Crippen LogP contribution in [0.3, 0.4) is 0 Å². The Labute approximate surface area is 136 Å². The minimum atomic E-state index is 0.346. The molecule has 1 unspecified atom stereocenters. The molecule has 1 aliphatic rings. The maximum absolute atomic E-state index is 5.43. The molecular formula is C19H23N3O. The van der Waals surface area contributed by atoms with Gasteiger partial charge in [-0.1, -0.05) is 19.3 Å². The van der Waals surface area contributed by atoms with Gasteiger partial charge in [-0.2, -0.15) is 0 Å². The summed E-state index contributed by atoms with van der Waals surface area (Å²) in [5, 5.41) is 1.26. The minimum Gasteiger partial charge on any atom is -0.497 e. The number of hydrogen-bond acceptors (Lipinski definition) is 2. The first-order valence-corrected chi connectivity index (χ1v) is 8.49. The molecule has 4 heteroatoms. The van der Waals surface area contributed by atoms with Gasteiger partial charge >= 0.3 is 0 Å². The summed E-state index contributed by atoms with van der Waals surface area (Å²) in [6.07, 6.45) is 14.7. The number of methoxy groups -OCH3 is 1. The van der Waals surface area contributed by atoms with Gasteiger partial charge < -0.3 is 14.3 Å². The van der Waals surface area contributed by atoms with Crippen molar-refractivity contribution in [3.05, 3.63) is 48.7 Å². The van der Waals surface area contributed by atoms with E-state index in [-0.39, 0.29) is 0 Å². The van der Waals surface area contributed by atoms with Gasteiger partial charge in [-0.3, -0.25) is 0 Å². The fourth-order valence-electron chi connectivity index (χ4n) is 4.03. The van der Waals surface area contributed by atoms with Crippen LogP contribution in [-0.4, -0.2) is 21.6 Å². The van der Waals surface area contributed by atoms with E-state index in [1.807, 2.05) is 18.6 Å². The van der Waals surface area contributed by atoms with Crippen molar-refractivity contribution in [3.63, 3.8) is 0 Å². The molecule has 0 spiro atoms. The number of fused-ring (bicyclic) bond motifs is 1. The maximum atomic E-state index is 5.43. The van der Waals surface area contributed by atoms with E-state index in [1.54, 1.807) is 7.11 Å². The second kappa shape index (κ2) is 6.11. The fraction of sp³-hybridized carbons (Fsp3) is 0.421. The molecule has 0 saturated heterocycles. The fourth-order valence-corrected chi connectivity index (χ4v) is 4.03. The smallest absolute Gasteiger partial charge is 0.119 e. The number of nitrogens with one attached hydrogen (secondary N) is 1. The van der Waals surface area contributed by atoms with Crippen LogP contribution < -0.4 is 4.74 Å². The monoisotopic (exact) mass is 309 g/mol. The molecule has 0 radical (unpaired) electrons. The first-order valence-electron chi connectivity index (χ1n) is 8.49. The molecule has 1 fully saturated rings. The van der Waals surface area contributed by atoms with E-state index < -0.39 is 0 Å². The lowest BCUT2D eigenvalue weighted by Gasteiger charge is -2.31. The Bertz CT molecular complexity index is 769. The lowest BCUT2D eigenvalue weighted by molar-refractivity contribution is 0.280. The minimum absolute atomic E-state index is 0.346. The summed E-state index contributed by atoms with van der Waals surface area (Å²) in [4.78, 5) is 7.72. The summed E-state index contributed by atoms with van der Waals surface area (Å²) in [5.41, 5.74) is 2.52. The number of aromatic amines is 1. The number of imidazole rings is 1. The number of H-pyrrole nitrogens is 1. The predicted octanol–water partition coefficient (Wildman–Crippen LogP) is 4.54. The summed E-state index contributed by atoms with van der Waals surface area (Å²) in [6.45, 7) is 0. The van der Waals surface area contributed by atoms with Crippen molar-refractivity contribution in [2.45, 2.75) is 38.1 Å². The van der Waals surface area contributed by atoms with Gasteiger partial charge in [0.25, 0.3) is 0 Å². The van der Waals surface area contributed by atoms with Gasteiger partial charge in [-0.25, -0.2) is 4.98 Å². The lowest BCUT2D eigenvalue weighted by Crippen LogP contribution is -2.22. The Balaban J connectivity index is 1.82. The van der Waals surface area contributed by atoms with Crippen LogP contribution in [0.15, 0.2) is 43.1 Å². The third kappa shape index (κ3) is 2.62. The lowest BCUT2D eigenvalue weighted by atomic mass is 9.81. The SMILES string of the molecule is COc1ccc2[nH]cc(C(C3CCCCC3)n3ccnc3)c2c1. The van der Waals surface area contributed by atoms with Crippen LogP contribution in [0.25, 0.3) is 10.9 Å². The number of rotatable bonds is 4. The molecule has 0 amide bonds. The predicted molar refractivity (Wildman–Crippen MR) is 91.8 cm³/mol. The Morgan fingerprint density at radius 2 is 2.13 bits per heavy atom. The van der Waals surface area contributed by atoms with Gasteiger partial charge in [-0.15, -0.1) is 0 Å². The van der Waals surface area contributed by atoms with Crippen molar-refractivity contribution >= 4 is 10.9 Å². The second-order valence-corrected chi connectivity index (χ2v) is 6.51. The molecule has 120 valence electrons. The summed E-state index contributed by atoms with van der Waals surface area (Å²) < 4.78 is 7.71. The van der Waals surface area contributed by atoms with E-state index in [0.717, 1.165) is 5.75 Å². The van der Waals surface area contributed by atoms with Crippen molar-refractivity contribution in [2.75, 3.05) is 7.11 Å². The maximum Gasteiger partial charge on any atom is 0.119 e. The highest BCUT2D eigenvalue weighted by molar-refractivity contribution is 5.85. The zero-order valence-electron chi connectivity index (χ0n) is 13.5. The van der Waals surface area contributed by atoms with Gasteiger partial charge in [0.15, 0.2) is 0 Å². The highest BCUT2D eigenvalue weighted by Gasteiger charge is 2.28. The number of ether oxygens (including phenoxy) is 1. The largest absolute Gasteiger partial charge is 0.497 e. The quantitative estimate of drug-likeness (QED) is 0.768. The standard InChI is InChI=1S/C19H23N3O/c1-23-15-7-8-18-16(11-15)17(12-21-18)19(22-10-9-20-13-22)14-5-3-2-4-6-14/h7-14,19,21H,2-6H2,1H3. The molecule has 1 aliphatic carbocycles. The number of aromatic nitrogens is 3. The molecule has 0 bridgehead atoms. The van der Waals surface area contributed by atoms with Gasteiger partial charge in [0.1, 0.15) is 5.75 Å². The first kappa shape index (κ1) is 14.4. The van der Waals surface area contributed by atoms with E-state index in [4.69, 9.17) is 4.74 Å². The molecule has 0 aliphatic heterocycles. The van der Waals surface area contributed by atoms with E-state index in [9.17, 15) is 0 Å². The molecule has 1 saturated carbocycles. The van der Waals surface area contributed by atoms with Gasteiger partial charge in [-0.05, 0) is 37.0 Å². The zero-order chi connectivity index (χ0) is 15.6. The van der Waals surface area contributed by atoms with E-state index >= 15 is 0 Å². The van der Waals surface area contributed by atoms with Crippen molar-refractivity contribution in [1.82, 2.24) is 14.5 Å². The van der Waals surface area contributed by atoms with Crippen molar-refractivity contribution in [2.24, 2.45) is 5.92 Å². The first-order chi connectivity index (χ1) is 11.4. The molecule has 2 heterocycles. The third-order valence-electron chi connectivity index (χ3n) is 5.18. The van der Waals surface area contributed by atoms with Gasteiger partial charge in [0.05, 0.1) is 19.5 Å². The van der Waals surface area contributed by atoms with Crippen LogP contribution in [0.1, 0.15) is 43.7 Å². The summed E-state index contributed by atoms with van der Waals surface area (Å²) in [5.74, 6) is 1.58. The van der Waals surface area contributed by atoms with Crippen molar-refractivity contribution in [1.29, 1.82) is 0 Å². The molecule has 1 aromatic carbocycles. The van der Waals surface area contributed by atoms with Crippen LogP contribution in [-0.2, 0) is 0 Å². The zero-order valence-corrected chi connectivity index (χ0v) is 13.5. The molecular weight excluding hydrogens is 286 g/mol. The summed E-state index contributed by atoms with van der Waals surface area (Å²) >= 11 is 0. The van der Waals surface area contributed by atoms with Crippen LogP contribution in [0.5, 0.6) is 5.75 Å². The highest BCUT2D eigenvalue weighted by Crippen LogP contribution is 2.40. The van der Waals surface area contributed by atoms with Crippen molar-refractivity contribution < 1.29 is 4.74 Å². The Morgan fingerprint density at radius 3 is 2.87 bits per heavy atom. The topological polar surface area (TPSA) is 42.8 Å². The van der Waals surface area contributed by atoms with Gasteiger partial charge in [0.2, 0.25) is 0 Å². The molecule has 2 aromatic heterocycles. The van der Waals surface area contributed by atoms with Crippen LogP contribution >= 0.6 is 0 Å². The second-order valence-electron chi connectivity index (χ2n) is 6.51. The van der Waals surface area contributed by atoms with Crippen LogP contribution in [0.2, 0.25) is 0 Å². The average molecular weight is 309 g/mol. The Morgan fingerprint density at radius 1 is 1.26 bits per heavy atom. The number of benzene rings is 1.